The molecule has 1 aromatic rings. The average Bonchev–Trinajstić information content (AvgIpc) is 3.14. The maximum atomic E-state index is 12.8. The molecule has 7 nitrogen and oxygen atoms in total. The van der Waals surface area contributed by atoms with Gasteiger partial charge in [-0.1, -0.05) is 0 Å². The number of unbranched alkanes of at least 4 members (excludes halogenated alkanes) is 3. The van der Waals surface area contributed by atoms with Crippen LogP contribution in [0.25, 0.3) is 0 Å². The van der Waals surface area contributed by atoms with Gasteiger partial charge in [-0.25, -0.2) is 0 Å². The average molecular weight is 502 g/mol. The molecule has 0 saturated heterocycles. The Morgan fingerprint density at radius 3 is 1.71 bits per heavy atom. The first kappa shape index (κ1) is 24.9. The van der Waals surface area contributed by atoms with Gasteiger partial charge in [0.15, 0.2) is 0 Å². The summed E-state index contributed by atoms with van der Waals surface area (Å²) in [6.45, 7) is 10.5. The molecule has 0 aromatic carbocycles. The van der Waals surface area contributed by atoms with Gasteiger partial charge in [0.2, 0.25) is 0 Å². The van der Waals surface area contributed by atoms with E-state index in [0.29, 0.717) is 0 Å². The monoisotopic (exact) mass is 503 g/mol. The van der Waals surface area contributed by atoms with Crippen LogP contribution >= 0.6 is 0 Å². The molecule has 8 heteroatoms. The van der Waals surface area contributed by atoms with Crippen LogP contribution in [0.1, 0.15) is 94.1 Å². The molecule has 1 aromatic heterocycles. The molecular formula is C20H37N3O4Sn. The van der Waals surface area contributed by atoms with Gasteiger partial charge in [0.25, 0.3) is 0 Å². The first-order valence-corrected chi connectivity index (χ1v) is 18.1. The molecule has 0 aliphatic carbocycles. The second-order valence-electron chi connectivity index (χ2n) is 7.17. The third kappa shape index (κ3) is 6.46. The van der Waals surface area contributed by atoms with Crippen LogP contribution in [0.3, 0.4) is 0 Å². The fourth-order valence-electron chi connectivity index (χ4n) is 3.54. The second-order valence-corrected chi connectivity index (χ2v) is 19.7. The van der Waals surface area contributed by atoms with E-state index in [2.05, 4.69) is 31.1 Å². The number of rotatable bonds is 14. The Morgan fingerprint density at radius 2 is 1.29 bits per heavy atom. The fourth-order valence-corrected chi connectivity index (χ4v) is 18.7. The Balaban J connectivity index is 3.54. The van der Waals surface area contributed by atoms with Gasteiger partial charge in [-0.3, -0.25) is 0 Å². The van der Waals surface area contributed by atoms with Crippen molar-refractivity contribution in [2.24, 2.45) is 0 Å². The number of carbonyl (C=O) groups is 2. The molecule has 0 unspecified atom stereocenters. The van der Waals surface area contributed by atoms with Crippen molar-refractivity contribution in [1.29, 1.82) is 0 Å². The summed E-state index contributed by atoms with van der Waals surface area (Å²) in [5, 5.41) is 8.53. The summed E-state index contributed by atoms with van der Waals surface area (Å²) in [4.78, 5) is 25.3. The molecule has 0 aliphatic rings. The van der Waals surface area contributed by atoms with Crippen LogP contribution in [0.2, 0.25) is 13.3 Å². The van der Waals surface area contributed by atoms with Gasteiger partial charge < -0.3 is 0 Å². The van der Waals surface area contributed by atoms with Crippen molar-refractivity contribution in [1.82, 2.24) is 13.2 Å². The first-order valence-electron chi connectivity index (χ1n) is 10.8. The summed E-state index contributed by atoms with van der Waals surface area (Å²) in [5.74, 6) is -1.11. The zero-order valence-electron chi connectivity index (χ0n) is 18.3. The number of esters is 2. The van der Waals surface area contributed by atoms with Crippen LogP contribution in [0.4, 0.5) is 0 Å². The molecular weight excluding hydrogens is 465 g/mol. The van der Waals surface area contributed by atoms with Gasteiger partial charge in [0.05, 0.1) is 0 Å². The van der Waals surface area contributed by atoms with Crippen molar-refractivity contribution in [3.05, 3.63) is 11.4 Å². The molecule has 0 atom stereocenters. The molecule has 0 aliphatic heterocycles. The standard InChI is InChI=1S/C8H11N3O4.3C4H9.Sn/c1-3-14-7(12)5-6(10-11-9-5)8(13)15-4-2;3*1-3-4-2;/h3-4H2,1-2H3,(H,9,10,11,12,13);3*1,3-4H2,2H3;/q;;;;+1/p-1. The number of carbonyl (C=O) groups excluding carboxylic acids is 2. The van der Waals surface area contributed by atoms with Crippen LogP contribution in [-0.4, -0.2) is 57.0 Å². The van der Waals surface area contributed by atoms with E-state index in [1.54, 1.807) is 13.8 Å². The normalized spacial score (nSPS) is 11.5. The zero-order chi connectivity index (χ0) is 21.0. The van der Waals surface area contributed by atoms with E-state index in [0.717, 1.165) is 51.8 Å². The predicted molar refractivity (Wildman–Crippen MR) is 112 cm³/mol. The van der Waals surface area contributed by atoms with E-state index in [1.165, 1.54) is 0 Å². The van der Waals surface area contributed by atoms with E-state index in [9.17, 15) is 9.59 Å². The summed E-state index contributed by atoms with van der Waals surface area (Å²) >= 11 is -3.13. The minimum absolute atomic E-state index is 0.00544. The van der Waals surface area contributed by atoms with Crippen molar-refractivity contribution < 1.29 is 19.1 Å². The molecule has 0 saturated carbocycles. The van der Waals surface area contributed by atoms with Crippen LogP contribution in [0.15, 0.2) is 0 Å². The fraction of sp³-hybridized carbons (Fsp3) is 0.800. The number of aromatic nitrogens is 3. The molecule has 1 rings (SSSR count). The summed E-state index contributed by atoms with van der Waals surface area (Å²) in [6.07, 6.45) is 6.64. The van der Waals surface area contributed by atoms with Gasteiger partial charge in [-0.15, -0.1) is 0 Å². The topological polar surface area (TPSA) is 83.3 Å². The molecule has 0 amide bonds. The first-order chi connectivity index (χ1) is 13.5. The third-order valence-corrected chi connectivity index (χ3v) is 19.5. The van der Waals surface area contributed by atoms with E-state index < -0.39 is 30.6 Å². The zero-order valence-corrected chi connectivity index (χ0v) is 21.1. The number of hydrogen-bond donors (Lipinski definition) is 0. The molecule has 28 heavy (non-hydrogen) atoms. The summed E-state index contributed by atoms with van der Waals surface area (Å²) in [5.41, 5.74) is 0.227. The molecule has 0 N–H and O–H groups in total. The Bertz CT molecular complexity index is 597. The van der Waals surface area contributed by atoms with Crippen molar-refractivity contribution in [3.63, 3.8) is 0 Å². The number of nitrogens with zero attached hydrogens (tertiary/aromatic N) is 3. The Hall–Kier alpha value is -1.12. The molecule has 0 spiro atoms. The van der Waals surface area contributed by atoms with Crippen LogP contribution in [0.5, 0.6) is 0 Å². The molecule has 160 valence electrons. The predicted octanol–water partition coefficient (Wildman–Crippen LogP) is 4.83. The third-order valence-electron chi connectivity index (χ3n) is 5.04. The molecule has 0 fully saturated rings. The summed E-state index contributed by atoms with van der Waals surface area (Å²) in [6, 6.07) is 0. The maximum absolute atomic E-state index is 12.8. The summed E-state index contributed by atoms with van der Waals surface area (Å²) < 4.78 is 15.6. The molecule has 1 heterocycles. The van der Waals surface area contributed by atoms with Crippen molar-refractivity contribution in [3.8, 4) is 0 Å². The SMILES string of the molecule is CCC[CH2][Sn]([CH2]CCC)([CH2]CCC)[n]1nnc(C(=O)OCC)c1C(=O)OCC. The second kappa shape index (κ2) is 13.2. The quantitative estimate of drug-likeness (QED) is 0.268. The van der Waals surface area contributed by atoms with Crippen LogP contribution in [0, 0.1) is 0 Å². The van der Waals surface area contributed by atoms with Gasteiger partial charge in [-0.2, -0.15) is 0 Å². The van der Waals surface area contributed by atoms with Crippen molar-refractivity contribution >= 4 is 30.6 Å². The van der Waals surface area contributed by atoms with E-state index in [-0.39, 0.29) is 24.6 Å². The number of hydrogen-bond acceptors (Lipinski definition) is 6. The number of ether oxygens (including phenoxy) is 2. The van der Waals surface area contributed by atoms with Crippen LogP contribution in [-0.2, 0) is 9.47 Å². The summed E-state index contributed by atoms with van der Waals surface area (Å²) in [7, 11) is 0. The van der Waals surface area contributed by atoms with Gasteiger partial charge >= 0.3 is 174 Å². The Labute approximate surface area is 173 Å². The van der Waals surface area contributed by atoms with Crippen molar-refractivity contribution in [2.45, 2.75) is 86.5 Å². The Kier molecular flexibility index (Phi) is 11.7. The van der Waals surface area contributed by atoms with Gasteiger partial charge in [-0.05, 0) is 0 Å². The van der Waals surface area contributed by atoms with Crippen LogP contribution < -0.4 is 0 Å². The molecule has 0 radical (unpaired) electrons. The van der Waals surface area contributed by atoms with E-state index >= 15 is 0 Å². The van der Waals surface area contributed by atoms with E-state index in [1.807, 2.05) is 2.90 Å². The van der Waals surface area contributed by atoms with Gasteiger partial charge in [0, 0.05) is 0 Å². The minimum atomic E-state index is -3.13. The van der Waals surface area contributed by atoms with Gasteiger partial charge in [0.1, 0.15) is 0 Å². The molecule has 0 bridgehead atoms. The Morgan fingerprint density at radius 1 is 0.821 bits per heavy atom. The van der Waals surface area contributed by atoms with E-state index in [4.69, 9.17) is 9.47 Å². The van der Waals surface area contributed by atoms with Crippen molar-refractivity contribution in [2.75, 3.05) is 13.2 Å².